The van der Waals surface area contributed by atoms with Crippen LogP contribution in [0.25, 0.3) is 10.9 Å². The van der Waals surface area contributed by atoms with E-state index in [1.807, 2.05) is 6.07 Å². The minimum absolute atomic E-state index is 0.0765. The summed E-state index contributed by atoms with van der Waals surface area (Å²) in [5.74, 6) is 1.72. The molecule has 4 rings (SSSR count). The molecule has 6 nitrogen and oxygen atoms in total. The SMILES string of the molecule is CC(C)[C@H]1CC[C@H](N2CCC(n3c(CCOS(N)(=O)=O)cc4ccccc43)CC2)CC1. The monoisotopic (exact) mass is 447 g/mol. The zero-order chi connectivity index (χ0) is 22.0. The third-order valence-corrected chi connectivity index (χ3v) is 7.99. The number of para-hydroxylation sites is 1. The molecule has 2 N–H and O–H groups in total. The molecular formula is C24H37N3O3S. The molecule has 1 aromatic carbocycles. The van der Waals surface area contributed by atoms with Gasteiger partial charge in [0.2, 0.25) is 0 Å². The van der Waals surface area contributed by atoms with Crippen LogP contribution >= 0.6 is 0 Å². The van der Waals surface area contributed by atoms with Crippen LogP contribution in [0.1, 0.15) is 64.1 Å². The van der Waals surface area contributed by atoms with Gasteiger partial charge in [-0.15, -0.1) is 0 Å². The first kappa shape index (κ1) is 22.8. The first-order valence-corrected chi connectivity index (χ1v) is 13.3. The van der Waals surface area contributed by atoms with E-state index in [0.29, 0.717) is 12.5 Å². The number of likely N-dealkylation sites (tertiary alicyclic amines) is 1. The van der Waals surface area contributed by atoms with E-state index >= 15 is 0 Å². The van der Waals surface area contributed by atoms with Crippen molar-refractivity contribution in [2.24, 2.45) is 17.0 Å². The second-order valence-electron chi connectivity index (χ2n) is 9.71. The number of nitrogens with two attached hydrogens (primary N) is 1. The first-order valence-electron chi connectivity index (χ1n) is 11.8. The van der Waals surface area contributed by atoms with E-state index in [1.165, 1.54) is 36.6 Å². The second-order valence-corrected chi connectivity index (χ2v) is 10.9. The van der Waals surface area contributed by atoms with Crippen LogP contribution in [-0.4, -0.2) is 43.6 Å². The summed E-state index contributed by atoms with van der Waals surface area (Å²) in [6, 6.07) is 11.8. The summed E-state index contributed by atoms with van der Waals surface area (Å²) < 4.78 is 29.6. The predicted molar refractivity (Wildman–Crippen MR) is 125 cm³/mol. The van der Waals surface area contributed by atoms with Gasteiger partial charge in [-0.05, 0) is 67.9 Å². The van der Waals surface area contributed by atoms with E-state index < -0.39 is 10.3 Å². The summed E-state index contributed by atoms with van der Waals surface area (Å²) in [5, 5.41) is 6.20. The van der Waals surface area contributed by atoms with E-state index in [1.54, 1.807) is 0 Å². The van der Waals surface area contributed by atoms with Gasteiger partial charge in [0.1, 0.15) is 0 Å². The molecule has 1 saturated carbocycles. The number of benzene rings is 1. The Labute approximate surface area is 187 Å². The molecule has 0 radical (unpaired) electrons. The lowest BCUT2D eigenvalue weighted by molar-refractivity contribution is 0.0889. The molecule has 2 aliphatic rings. The topological polar surface area (TPSA) is 77.6 Å². The van der Waals surface area contributed by atoms with Crippen LogP contribution in [0.15, 0.2) is 30.3 Å². The lowest BCUT2D eigenvalue weighted by Crippen LogP contribution is -2.44. The summed E-state index contributed by atoms with van der Waals surface area (Å²) >= 11 is 0. The van der Waals surface area contributed by atoms with Crippen LogP contribution in [-0.2, 0) is 20.9 Å². The van der Waals surface area contributed by atoms with Gasteiger partial charge < -0.3 is 9.47 Å². The fourth-order valence-corrected chi connectivity index (χ4v) is 6.08. The lowest BCUT2D eigenvalue weighted by atomic mass is 9.79. The quantitative estimate of drug-likeness (QED) is 0.688. The first-order chi connectivity index (χ1) is 14.8. The molecule has 1 saturated heterocycles. The van der Waals surface area contributed by atoms with Crippen molar-refractivity contribution in [1.29, 1.82) is 0 Å². The Morgan fingerprint density at radius 2 is 1.71 bits per heavy atom. The minimum atomic E-state index is -3.91. The Bertz CT molecular complexity index is 969. The smallest absolute Gasteiger partial charge is 0.333 e. The molecular weight excluding hydrogens is 410 g/mol. The molecule has 1 aliphatic heterocycles. The van der Waals surface area contributed by atoms with Gasteiger partial charge >= 0.3 is 10.3 Å². The van der Waals surface area contributed by atoms with Gasteiger partial charge in [-0.25, -0.2) is 5.14 Å². The zero-order valence-corrected chi connectivity index (χ0v) is 19.7. The summed E-state index contributed by atoms with van der Waals surface area (Å²) in [5.41, 5.74) is 2.35. The number of rotatable bonds is 7. The third-order valence-electron chi connectivity index (χ3n) is 7.50. The fraction of sp³-hybridized carbons (Fsp3) is 0.667. The minimum Gasteiger partial charge on any atom is -0.341 e. The second kappa shape index (κ2) is 9.61. The van der Waals surface area contributed by atoms with Crippen LogP contribution < -0.4 is 5.14 Å². The van der Waals surface area contributed by atoms with Gasteiger partial charge in [0.15, 0.2) is 0 Å². The molecule has 7 heteroatoms. The van der Waals surface area contributed by atoms with Crippen molar-refractivity contribution in [3.05, 3.63) is 36.0 Å². The molecule has 0 unspecified atom stereocenters. The molecule has 1 aromatic heterocycles. The van der Waals surface area contributed by atoms with Gasteiger partial charge in [0, 0.05) is 42.8 Å². The Kier molecular flexibility index (Phi) is 7.06. The maximum Gasteiger partial charge on any atom is 0.333 e. The summed E-state index contributed by atoms with van der Waals surface area (Å²) in [6.07, 6.45) is 8.23. The molecule has 2 fully saturated rings. The maximum absolute atomic E-state index is 11.2. The summed E-state index contributed by atoms with van der Waals surface area (Å²) in [6.45, 7) is 7.09. The third kappa shape index (κ3) is 5.51. The highest BCUT2D eigenvalue weighted by Crippen LogP contribution is 2.36. The Hall–Kier alpha value is -1.41. The normalized spacial score (nSPS) is 24.3. The van der Waals surface area contributed by atoms with E-state index in [4.69, 9.17) is 9.32 Å². The van der Waals surface area contributed by atoms with Crippen LogP contribution in [0.3, 0.4) is 0 Å². The number of fused-ring (bicyclic) bond motifs is 1. The van der Waals surface area contributed by atoms with Crippen molar-refractivity contribution in [2.45, 2.75) is 70.9 Å². The van der Waals surface area contributed by atoms with Gasteiger partial charge in [-0.3, -0.25) is 4.18 Å². The number of hydrogen-bond donors (Lipinski definition) is 1. The van der Waals surface area contributed by atoms with Gasteiger partial charge in [0.25, 0.3) is 0 Å². The molecule has 2 heterocycles. The Morgan fingerprint density at radius 1 is 1.03 bits per heavy atom. The van der Waals surface area contributed by atoms with Crippen molar-refractivity contribution >= 4 is 21.2 Å². The van der Waals surface area contributed by atoms with Gasteiger partial charge in [-0.2, -0.15) is 8.42 Å². The highest BCUT2D eigenvalue weighted by atomic mass is 32.2. The molecule has 2 aromatic rings. The van der Waals surface area contributed by atoms with Crippen molar-refractivity contribution < 1.29 is 12.6 Å². The van der Waals surface area contributed by atoms with Crippen LogP contribution in [0, 0.1) is 11.8 Å². The summed E-state index contributed by atoms with van der Waals surface area (Å²) in [7, 11) is -3.91. The van der Waals surface area contributed by atoms with E-state index in [0.717, 1.165) is 49.5 Å². The molecule has 172 valence electrons. The van der Waals surface area contributed by atoms with E-state index in [-0.39, 0.29) is 6.61 Å². The fourth-order valence-electron chi connectivity index (χ4n) is 5.76. The van der Waals surface area contributed by atoms with Crippen molar-refractivity contribution in [3.63, 3.8) is 0 Å². The molecule has 1 aliphatic carbocycles. The maximum atomic E-state index is 11.2. The van der Waals surface area contributed by atoms with E-state index in [9.17, 15) is 8.42 Å². The largest absolute Gasteiger partial charge is 0.341 e. The zero-order valence-electron chi connectivity index (χ0n) is 18.9. The van der Waals surface area contributed by atoms with E-state index in [2.05, 4.69) is 47.6 Å². The van der Waals surface area contributed by atoms with Crippen molar-refractivity contribution in [2.75, 3.05) is 19.7 Å². The molecule has 0 spiro atoms. The predicted octanol–water partition coefficient (Wildman–Crippen LogP) is 4.26. The molecule has 0 amide bonds. The van der Waals surface area contributed by atoms with Gasteiger partial charge in [0.05, 0.1) is 6.61 Å². The average molecular weight is 448 g/mol. The van der Waals surface area contributed by atoms with Crippen LogP contribution in [0.2, 0.25) is 0 Å². The molecule has 0 bridgehead atoms. The van der Waals surface area contributed by atoms with Crippen molar-refractivity contribution in [3.8, 4) is 0 Å². The highest BCUT2D eigenvalue weighted by Gasteiger charge is 2.31. The lowest BCUT2D eigenvalue weighted by Gasteiger charge is -2.42. The summed E-state index contributed by atoms with van der Waals surface area (Å²) in [4.78, 5) is 2.72. The standard InChI is InChI=1S/C24H37N3O3S/c1-18(2)19-7-9-21(10-8-19)26-14-11-22(12-15-26)27-23(13-16-30-31(25,28)29)17-20-5-3-4-6-24(20)27/h3-6,17-19,21-22H,7-16H2,1-2H3,(H2,25,28,29)/t19-,21-. The highest BCUT2D eigenvalue weighted by molar-refractivity contribution is 7.84. The Balaban J connectivity index is 1.43. The molecule has 0 atom stereocenters. The van der Waals surface area contributed by atoms with Crippen LogP contribution in [0.4, 0.5) is 0 Å². The average Bonchev–Trinajstić information content (AvgIpc) is 3.11. The number of piperidine rings is 1. The molecule has 31 heavy (non-hydrogen) atoms. The number of nitrogens with zero attached hydrogens (tertiary/aromatic N) is 2. The Morgan fingerprint density at radius 3 is 2.35 bits per heavy atom. The number of aromatic nitrogens is 1. The van der Waals surface area contributed by atoms with Crippen LogP contribution in [0.5, 0.6) is 0 Å². The van der Waals surface area contributed by atoms with Gasteiger partial charge in [-0.1, -0.05) is 32.0 Å². The van der Waals surface area contributed by atoms with Crippen molar-refractivity contribution in [1.82, 2.24) is 9.47 Å². The number of hydrogen-bond acceptors (Lipinski definition) is 4.